The molecule has 0 atom stereocenters. The van der Waals surface area contributed by atoms with Crippen LogP contribution in [0.4, 0.5) is 0 Å². The zero-order chi connectivity index (χ0) is 19.4. The van der Waals surface area contributed by atoms with Crippen molar-refractivity contribution < 1.29 is 14.3 Å². The average molecular weight is 369 g/mol. The number of hydrogen-bond donors (Lipinski definition) is 0. The van der Waals surface area contributed by atoms with Gasteiger partial charge in [-0.3, -0.25) is 14.7 Å². The Balaban J connectivity index is 1.63. The lowest BCUT2D eigenvalue weighted by Gasteiger charge is -2.34. The number of carbonyl (C=O) groups excluding carboxylic acids is 1. The first-order chi connectivity index (χ1) is 13.0. The van der Waals surface area contributed by atoms with E-state index in [0.717, 1.165) is 40.4 Å². The number of hydrogen-bond acceptors (Lipinski definition) is 5. The predicted molar refractivity (Wildman–Crippen MR) is 104 cm³/mol. The minimum Gasteiger partial charge on any atom is -0.497 e. The van der Waals surface area contributed by atoms with Crippen LogP contribution in [0.15, 0.2) is 30.5 Å². The maximum atomic E-state index is 12.6. The van der Waals surface area contributed by atoms with Crippen LogP contribution in [0.25, 0.3) is 0 Å². The second-order valence-corrected chi connectivity index (χ2v) is 6.92. The fourth-order valence-corrected chi connectivity index (χ4v) is 3.49. The van der Waals surface area contributed by atoms with Gasteiger partial charge in [0.2, 0.25) is 5.91 Å². The number of pyridine rings is 1. The molecule has 1 amide bonds. The summed E-state index contributed by atoms with van der Waals surface area (Å²) < 4.78 is 10.7. The van der Waals surface area contributed by atoms with Crippen molar-refractivity contribution in [2.24, 2.45) is 0 Å². The van der Waals surface area contributed by atoms with Crippen LogP contribution in [0.1, 0.15) is 22.4 Å². The van der Waals surface area contributed by atoms with Gasteiger partial charge in [0, 0.05) is 43.5 Å². The van der Waals surface area contributed by atoms with Crippen LogP contribution < -0.4 is 9.47 Å². The summed E-state index contributed by atoms with van der Waals surface area (Å²) >= 11 is 0. The molecule has 1 aromatic carbocycles. The van der Waals surface area contributed by atoms with Gasteiger partial charge in [0.05, 0.1) is 26.5 Å². The topological polar surface area (TPSA) is 54.9 Å². The standard InChI is InChI=1S/C21H27N3O3/c1-15-11-22-19(16(2)21(15)27-4)13-23-8-9-24(20(25)14-23)12-17-6-5-7-18(10-17)26-3/h5-7,10-11H,8-9,12-14H2,1-4H3. The van der Waals surface area contributed by atoms with Crippen LogP contribution in [-0.2, 0) is 17.9 Å². The van der Waals surface area contributed by atoms with E-state index in [4.69, 9.17) is 9.47 Å². The van der Waals surface area contributed by atoms with E-state index in [1.165, 1.54) is 0 Å². The molecule has 0 N–H and O–H groups in total. The molecule has 1 aliphatic heterocycles. The molecule has 3 rings (SSSR count). The van der Waals surface area contributed by atoms with Gasteiger partial charge in [-0.25, -0.2) is 0 Å². The summed E-state index contributed by atoms with van der Waals surface area (Å²) in [5.74, 6) is 1.83. The highest BCUT2D eigenvalue weighted by Gasteiger charge is 2.25. The Hall–Kier alpha value is -2.60. The molecule has 0 unspecified atom stereocenters. The minimum atomic E-state index is 0.140. The van der Waals surface area contributed by atoms with Gasteiger partial charge in [-0.2, -0.15) is 0 Å². The fourth-order valence-electron chi connectivity index (χ4n) is 3.49. The summed E-state index contributed by atoms with van der Waals surface area (Å²) in [6.45, 7) is 7.21. The largest absolute Gasteiger partial charge is 0.497 e. The van der Waals surface area contributed by atoms with Gasteiger partial charge < -0.3 is 14.4 Å². The monoisotopic (exact) mass is 369 g/mol. The second-order valence-electron chi connectivity index (χ2n) is 6.92. The van der Waals surface area contributed by atoms with Crippen LogP contribution >= 0.6 is 0 Å². The highest BCUT2D eigenvalue weighted by molar-refractivity contribution is 5.79. The van der Waals surface area contributed by atoms with Crippen molar-refractivity contribution in [3.05, 3.63) is 52.8 Å². The van der Waals surface area contributed by atoms with E-state index in [1.807, 2.05) is 49.2 Å². The lowest BCUT2D eigenvalue weighted by Crippen LogP contribution is -2.49. The number of aryl methyl sites for hydroxylation is 1. The van der Waals surface area contributed by atoms with E-state index in [0.29, 0.717) is 26.2 Å². The molecule has 0 aliphatic carbocycles. The van der Waals surface area contributed by atoms with E-state index in [1.54, 1.807) is 14.2 Å². The van der Waals surface area contributed by atoms with Crippen LogP contribution in [0, 0.1) is 13.8 Å². The molecular formula is C21H27N3O3. The summed E-state index contributed by atoms with van der Waals surface area (Å²) in [4.78, 5) is 21.2. The summed E-state index contributed by atoms with van der Waals surface area (Å²) in [7, 11) is 3.33. The maximum absolute atomic E-state index is 12.6. The van der Waals surface area contributed by atoms with Gasteiger partial charge in [0.15, 0.2) is 0 Å². The molecule has 0 spiro atoms. The maximum Gasteiger partial charge on any atom is 0.237 e. The smallest absolute Gasteiger partial charge is 0.237 e. The van der Waals surface area contributed by atoms with E-state index >= 15 is 0 Å². The van der Waals surface area contributed by atoms with Crippen molar-refractivity contribution in [1.29, 1.82) is 0 Å². The summed E-state index contributed by atoms with van der Waals surface area (Å²) in [6.07, 6.45) is 1.84. The lowest BCUT2D eigenvalue weighted by molar-refractivity contribution is -0.136. The van der Waals surface area contributed by atoms with Gasteiger partial charge in [0.25, 0.3) is 0 Å². The molecular weight excluding hydrogens is 342 g/mol. The Labute approximate surface area is 160 Å². The number of aromatic nitrogens is 1. The van der Waals surface area contributed by atoms with Crippen molar-refractivity contribution >= 4 is 5.91 Å². The molecule has 1 aromatic heterocycles. The summed E-state index contributed by atoms with van der Waals surface area (Å²) in [5, 5.41) is 0. The Morgan fingerprint density at radius 2 is 1.93 bits per heavy atom. The van der Waals surface area contributed by atoms with Crippen LogP contribution in [-0.4, -0.2) is 54.5 Å². The number of methoxy groups -OCH3 is 2. The Morgan fingerprint density at radius 3 is 2.63 bits per heavy atom. The van der Waals surface area contributed by atoms with Crippen LogP contribution in [0.2, 0.25) is 0 Å². The molecule has 1 fully saturated rings. The van der Waals surface area contributed by atoms with Crippen molar-refractivity contribution in [2.75, 3.05) is 33.9 Å². The molecule has 144 valence electrons. The van der Waals surface area contributed by atoms with Crippen molar-refractivity contribution in [2.45, 2.75) is 26.9 Å². The molecule has 0 radical (unpaired) electrons. The second kappa shape index (κ2) is 8.39. The molecule has 6 heteroatoms. The van der Waals surface area contributed by atoms with E-state index in [2.05, 4.69) is 9.88 Å². The first kappa shape index (κ1) is 19.2. The van der Waals surface area contributed by atoms with Crippen molar-refractivity contribution in [1.82, 2.24) is 14.8 Å². The zero-order valence-corrected chi connectivity index (χ0v) is 16.5. The normalized spacial score (nSPS) is 15.1. The number of carbonyl (C=O) groups is 1. The average Bonchev–Trinajstić information content (AvgIpc) is 2.67. The molecule has 6 nitrogen and oxygen atoms in total. The number of piperazine rings is 1. The number of benzene rings is 1. The van der Waals surface area contributed by atoms with Gasteiger partial charge in [-0.05, 0) is 31.5 Å². The Morgan fingerprint density at radius 1 is 1.11 bits per heavy atom. The van der Waals surface area contributed by atoms with Crippen LogP contribution in [0.3, 0.4) is 0 Å². The molecule has 1 saturated heterocycles. The number of rotatable bonds is 6. The third-order valence-corrected chi connectivity index (χ3v) is 5.03. The molecule has 0 saturated carbocycles. The van der Waals surface area contributed by atoms with Gasteiger partial charge in [-0.15, -0.1) is 0 Å². The van der Waals surface area contributed by atoms with Gasteiger partial charge >= 0.3 is 0 Å². The van der Waals surface area contributed by atoms with Crippen LogP contribution in [0.5, 0.6) is 11.5 Å². The third kappa shape index (κ3) is 4.39. The highest BCUT2D eigenvalue weighted by Crippen LogP contribution is 2.25. The minimum absolute atomic E-state index is 0.140. The molecule has 2 heterocycles. The predicted octanol–water partition coefficient (Wildman–Crippen LogP) is 2.56. The summed E-state index contributed by atoms with van der Waals surface area (Å²) in [5.41, 5.74) is 4.12. The zero-order valence-electron chi connectivity index (χ0n) is 16.5. The fraction of sp³-hybridized carbons (Fsp3) is 0.429. The van der Waals surface area contributed by atoms with Crippen molar-refractivity contribution in [3.63, 3.8) is 0 Å². The Bertz CT molecular complexity index is 822. The third-order valence-electron chi connectivity index (χ3n) is 5.03. The van der Waals surface area contributed by atoms with E-state index in [9.17, 15) is 4.79 Å². The molecule has 27 heavy (non-hydrogen) atoms. The highest BCUT2D eigenvalue weighted by atomic mass is 16.5. The lowest BCUT2D eigenvalue weighted by atomic mass is 10.1. The molecule has 2 aromatic rings. The molecule has 0 bridgehead atoms. The Kier molecular flexibility index (Phi) is 5.96. The number of ether oxygens (including phenoxy) is 2. The number of amides is 1. The first-order valence-corrected chi connectivity index (χ1v) is 9.14. The SMILES string of the molecule is COc1cccc(CN2CCN(Cc3ncc(C)c(OC)c3C)CC2=O)c1. The van der Waals surface area contributed by atoms with E-state index < -0.39 is 0 Å². The van der Waals surface area contributed by atoms with Gasteiger partial charge in [-0.1, -0.05) is 12.1 Å². The van der Waals surface area contributed by atoms with Crippen molar-refractivity contribution in [3.8, 4) is 11.5 Å². The summed E-state index contributed by atoms with van der Waals surface area (Å²) in [6, 6.07) is 7.86. The number of nitrogens with zero attached hydrogens (tertiary/aromatic N) is 3. The molecule has 1 aliphatic rings. The van der Waals surface area contributed by atoms with E-state index in [-0.39, 0.29) is 5.91 Å². The first-order valence-electron chi connectivity index (χ1n) is 9.14. The quantitative estimate of drug-likeness (QED) is 0.783. The van der Waals surface area contributed by atoms with Gasteiger partial charge in [0.1, 0.15) is 11.5 Å².